The number of halogens is 1. The van der Waals surface area contributed by atoms with Crippen LogP contribution >= 0.6 is 12.2 Å². The summed E-state index contributed by atoms with van der Waals surface area (Å²) in [5.41, 5.74) is 6.45. The van der Waals surface area contributed by atoms with Crippen LogP contribution in [0.15, 0.2) is 18.2 Å². The number of likely N-dealkylation sites (tertiary alicyclic amines) is 1. The highest BCUT2D eigenvalue weighted by Crippen LogP contribution is 2.19. The summed E-state index contributed by atoms with van der Waals surface area (Å²) in [7, 11) is 0. The van der Waals surface area contributed by atoms with Crippen LogP contribution in [0.4, 0.5) is 4.39 Å². The smallest absolute Gasteiger partial charge is 0.137 e. The van der Waals surface area contributed by atoms with Crippen molar-refractivity contribution in [1.82, 2.24) is 4.90 Å². The summed E-state index contributed by atoms with van der Waals surface area (Å²) < 4.78 is 19.8. The van der Waals surface area contributed by atoms with E-state index in [0.717, 1.165) is 25.9 Å². The van der Waals surface area contributed by atoms with Crippen LogP contribution in [-0.2, 0) is 11.3 Å². The fourth-order valence-electron chi connectivity index (χ4n) is 2.59. The normalized spacial score (nSPS) is 17.0. The number of benzene rings is 1. The molecule has 21 heavy (non-hydrogen) atoms. The topological polar surface area (TPSA) is 58.7 Å². The summed E-state index contributed by atoms with van der Waals surface area (Å²) in [6, 6.07) is 5.16. The Bertz CT molecular complexity index is 491. The Hall–Kier alpha value is -1.08. The number of thiocarbonyl (C=S) groups is 1. The molecule has 1 aliphatic rings. The molecule has 6 heteroatoms. The third-order valence-electron chi connectivity index (χ3n) is 3.72. The molecule has 4 nitrogen and oxygen atoms in total. The number of hydrogen-bond acceptors (Lipinski definition) is 4. The first-order valence-electron chi connectivity index (χ1n) is 7.14. The van der Waals surface area contributed by atoms with Crippen LogP contribution in [0.5, 0.6) is 0 Å². The molecule has 2 rings (SSSR count). The standard InChI is InChI=1S/C15H21FN2O2S/c16-14-11(2-1-3-13(14)15(17)21)10-18-6-4-12(5-7-18)20-9-8-19/h1-3,12,19H,4-10H2,(H2,17,21). The zero-order valence-corrected chi connectivity index (χ0v) is 12.7. The van der Waals surface area contributed by atoms with E-state index in [1.165, 1.54) is 0 Å². The van der Waals surface area contributed by atoms with Crippen LogP contribution in [0.25, 0.3) is 0 Å². The van der Waals surface area contributed by atoms with Gasteiger partial charge >= 0.3 is 0 Å². The number of rotatable bonds is 6. The molecule has 1 heterocycles. The maximum atomic E-state index is 14.3. The summed E-state index contributed by atoms with van der Waals surface area (Å²) in [6.07, 6.45) is 1.99. The summed E-state index contributed by atoms with van der Waals surface area (Å²) in [5, 5.41) is 8.75. The molecule has 1 saturated heterocycles. The fraction of sp³-hybridized carbons (Fsp3) is 0.533. The molecule has 0 spiro atoms. The van der Waals surface area contributed by atoms with E-state index in [9.17, 15) is 4.39 Å². The van der Waals surface area contributed by atoms with E-state index in [-0.39, 0.29) is 23.5 Å². The molecule has 1 aromatic rings. The molecule has 1 fully saturated rings. The SMILES string of the molecule is NC(=S)c1cccc(CN2CCC(OCCO)CC2)c1F. The van der Waals surface area contributed by atoms with Gasteiger partial charge in [-0.3, -0.25) is 4.90 Å². The predicted molar refractivity (Wildman–Crippen MR) is 83.6 cm³/mol. The van der Waals surface area contributed by atoms with E-state index in [4.69, 9.17) is 27.8 Å². The molecular weight excluding hydrogens is 291 g/mol. The molecule has 0 unspecified atom stereocenters. The lowest BCUT2D eigenvalue weighted by atomic mass is 10.0. The summed E-state index contributed by atoms with van der Waals surface area (Å²) in [5.74, 6) is -0.316. The average molecular weight is 312 g/mol. The van der Waals surface area contributed by atoms with Crippen molar-refractivity contribution in [2.24, 2.45) is 5.73 Å². The Labute approximate surface area is 129 Å². The van der Waals surface area contributed by atoms with Crippen LogP contribution < -0.4 is 5.73 Å². The monoisotopic (exact) mass is 312 g/mol. The average Bonchev–Trinajstić information content (AvgIpc) is 2.48. The van der Waals surface area contributed by atoms with E-state index >= 15 is 0 Å². The number of aliphatic hydroxyl groups excluding tert-OH is 1. The van der Waals surface area contributed by atoms with E-state index in [1.807, 2.05) is 0 Å². The number of nitrogens with zero attached hydrogens (tertiary/aromatic N) is 1. The van der Waals surface area contributed by atoms with E-state index in [0.29, 0.717) is 24.3 Å². The maximum Gasteiger partial charge on any atom is 0.137 e. The molecular formula is C15H21FN2O2S. The van der Waals surface area contributed by atoms with Gasteiger partial charge in [0.2, 0.25) is 0 Å². The van der Waals surface area contributed by atoms with Gasteiger partial charge in [0.15, 0.2) is 0 Å². The number of nitrogens with two attached hydrogens (primary N) is 1. The van der Waals surface area contributed by atoms with Crippen molar-refractivity contribution < 1.29 is 14.2 Å². The molecule has 0 aliphatic carbocycles. The molecule has 1 aliphatic heterocycles. The molecule has 3 N–H and O–H groups in total. The van der Waals surface area contributed by atoms with Gasteiger partial charge < -0.3 is 15.6 Å². The van der Waals surface area contributed by atoms with Crippen LogP contribution in [-0.4, -0.2) is 47.4 Å². The Morgan fingerprint density at radius 3 is 2.76 bits per heavy atom. The van der Waals surface area contributed by atoms with Gasteiger partial charge in [-0.2, -0.15) is 0 Å². The first-order chi connectivity index (χ1) is 10.1. The lowest BCUT2D eigenvalue weighted by Crippen LogP contribution is -2.37. The quantitative estimate of drug-likeness (QED) is 0.778. The molecule has 0 aromatic heterocycles. The minimum Gasteiger partial charge on any atom is -0.394 e. The lowest BCUT2D eigenvalue weighted by Gasteiger charge is -2.32. The summed E-state index contributed by atoms with van der Waals surface area (Å²) in [4.78, 5) is 2.28. The Morgan fingerprint density at radius 1 is 1.43 bits per heavy atom. The second-order valence-corrected chi connectivity index (χ2v) is 5.65. The second kappa shape index (κ2) is 7.79. The van der Waals surface area contributed by atoms with E-state index in [1.54, 1.807) is 18.2 Å². The molecule has 0 bridgehead atoms. The Kier molecular flexibility index (Phi) is 6.05. The second-order valence-electron chi connectivity index (χ2n) is 5.21. The molecule has 0 saturated carbocycles. The highest BCUT2D eigenvalue weighted by atomic mass is 32.1. The molecule has 116 valence electrons. The van der Waals surface area contributed by atoms with E-state index in [2.05, 4.69) is 4.90 Å². The fourth-order valence-corrected chi connectivity index (χ4v) is 2.74. The van der Waals surface area contributed by atoms with Gasteiger partial charge in [0.25, 0.3) is 0 Å². The zero-order chi connectivity index (χ0) is 15.2. The van der Waals surface area contributed by atoms with Crippen LogP contribution in [0.1, 0.15) is 24.0 Å². The minimum absolute atomic E-state index is 0.0528. The van der Waals surface area contributed by atoms with Crippen molar-refractivity contribution in [1.29, 1.82) is 0 Å². The largest absolute Gasteiger partial charge is 0.394 e. The molecule has 1 aromatic carbocycles. The van der Waals surface area contributed by atoms with Crippen LogP contribution in [0, 0.1) is 5.82 Å². The van der Waals surface area contributed by atoms with Gasteiger partial charge in [0, 0.05) is 30.8 Å². The van der Waals surface area contributed by atoms with Crippen molar-refractivity contribution in [2.75, 3.05) is 26.3 Å². The van der Waals surface area contributed by atoms with Crippen molar-refractivity contribution in [3.63, 3.8) is 0 Å². The van der Waals surface area contributed by atoms with E-state index < -0.39 is 0 Å². The third kappa shape index (κ3) is 4.44. The van der Waals surface area contributed by atoms with Gasteiger partial charge in [0.05, 0.1) is 19.3 Å². The van der Waals surface area contributed by atoms with Crippen LogP contribution in [0.3, 0.4) is 0 Å². The number of piperidine rings is 1. The molecule has 0 atom stereocenters. The highest BCUT2D eigenvalue weighted by Gasteiger charge is 2.21. The summed E-state index contributed by atoms with van der Waals surface area (Å²) >= 11 is 4.86. The number of ether oxygens (including phenoxy) is 1. The van der Waals surface area contributed by atoms with Gasteiger partial charge in [0.1, 0.15) is 10.8 Å². The van der Waals surface area contributed by atoms with Crippen molar-refractivity contribution in [2.45, 2.75) is 25.5 Å². The van der Waals surface area contributed by atoms with Crippen LogP contribution in [0.2, 0.25) is 0 Å². The van der Waals surface area contributed by atoms with Gasteiger partial charge in [-0.1, -0.05) is 24.4 Å². The first-order valence-corrected chi connectivity index (χ1v) is 7.54. The highest BCUT2D eigenvalue weighted by molar-refractivity contribution is 7.80. The maximum absolute atomic E-state index is 14.3. The predicted octanol–water partition coefficient (Wildman–Crippen LogP) is 1.43. The number of aliphatic hydroxyl groups is 1. The minimum atomic E-state index is -0.316. The lowest BCUT2D eigenvalue weighted by molar-refractivity contribution is -0.00914. The Balaban J connectivity index is 1.92. The summed E-state index contributed by atoms with van der Waals surface area (Å²) in [6.45, 7) is 2.70. The van der Waals surface area contributed by atoms with Crippen molar-refractivity contribution in [3.8, 4) is 0 Å². The third-order valence-corrected chi connectivity index (χ3v) is 3.94. The zero-order valence-electron chi connectivity index (χ0n) is 11.9. The number of hydrogen-bond donors (Lipinski definition) is 2. The van der Waals surface area contributed by atoms with Gasteiger partial charge in [-0.05, 0) is 18.9 Å². The van der Waals surface area contributed by atoms with Crippen molar-refractivity contribution in [3.05, 3.63) is 35.1 Å². The molecule has 0 amide bonds. The first kappa shape index (κ1) is 16.3. The van der Waals surface area contributed by atoms with Crippen molar-refractivity contribution >= 4 is 17.2 Å². The van der Waals surface area contributed by atoms with Gasteiger partial charge in [-0.25, -0.2) is 4.39 Å². The van der Waals surface area contributed by atoms with Gasteiger partial charge in [-0.15, -0.1) is 0 Å². The molecule has 0 radical (unpaired) electrons. The Morgan fingerprint density at radius 2 is 2.14 bits per heavy atom.